The quantitative estimate of drug-likeness (QED) is 0.599. The van der Waals surface area contributed by atoms with Gasteiger partial charge in [0.25, 0.3) is 0 Å². The lowest BCUT2D eigenvalue weighted by molar-refractivity contribution is -0.118. The van der Waals surface area contributed by atoms with Crippen LogP contribution < -0.4 is 5.32 Å². The fraction of sp³-hybridized carbons (Fsp3) is 0.478. The van der Waals surface area contributed by atoms with E-state index in [0.29, 0.717) is 17.0 Å². The summed E-state index contributed by atoms with van der Waals surface area (Å²) in [5, 5.41) is 4.45. The fourth-order valence-corrected chi connectivity index (χ4v) is 5.03. The number of halogens is 1. The van der Waals surface area contributed by atoms with Crippen molar-refractivity contribution in [3.63, 3.8) is 0 Å². The summed E-state index contributed by atoms with van der Waals surface area (Å²) in [6.45, 7) is 3.53. The molecule has 1 amide bonds. The molecule has 1 aromatic heterocycles. The first-order chi connectivity index (χ1) is 14.1. The molecule has 1 N–H and O–H groups in total. The highest BCUT2D eigenvalue weighted by Crippen LogP contribution is 2.43. The van der Waals surface area contributed by atoms with Gasteiger partial charge < -0.3 is 10.1 Å². The summed E-state index contributed by atoms with van der Waals surface area (Å²) in [5.41, 5.74) is 2.04. The SMILES string of the molecule is Cc1ccc(NC(=O)C(CC2CCOCC2)c2ccc(SC3CC3)c(Cl)c2)nc1. The van der Waals surface area contributed by atoms with E-state index in [9.17, 15) is 4.79 Å². The minimum atomic E-state index is -0.251. The van der Waals surface area contributed by atoms with Gasteiger partial charge in [0, 0.05) is 29.6 Å². The standard InChI is InChI=1S/C23H27ClN2O2S/c1-15-2-7-22(25-14-15)26-23(27)19(12-16-8-10-28-11-9-16)17-3-6-21(20(24)13-17)29-18-4-5-18/h2-3,6-7,13-14,16,18-19H,4-5,8-12H2,1H3,(H,25,26,27). The lowest BCUT2D eigenvalue weighted by Gasteiger charge is -2.26. The number of aryl methyl sites for hydroxylation is 1. The molecule has 4 nitrogen and oxygen atoms in total. The number of thioether (sulfide) groups is 1. The van der Waals surface area contributed by atoms with E-state index < -0.39 is 0 Å². The van der Waals surface area contributed by atoms with Crippen LogP contribution in [0.25, 0.3) is 0 Å². The zero-order valence-electron chi connectivity index (χ0n) is 16.7. The number of hydrogen-bond acceptors (Lipinski definition) is 4. The smallest absolute Gasteiger partial charge is 0.233 e. The zero-order valence-corrected chi connectivity index (χ0v) is 18.3. The Hall–Kier alpha value is -1.56. The molecule has 1 aliphatic carbocycles. The number of nitrogens with one attached hydrogen (secondary N) is 1. The van der Waals surface area contributed by atoms with Crippen molar-refractivity contribution in [1.29, 1.82) is 0 Å². The summed E-state index contributed by atoms with van der Waals surface area (Å²) in [4.78, 5) is 18.7. The van der Waals surface area contributed by atoms with Crippen LogP contribution in [0.15, 0.2) is 41.4 Å². The van der Waals surface area contributed by atoms with Crippen molar-refractivity contribution in [2.45, 2.75) is 55.1 Å². The maximum Gasteiger partial charge on any atom is 0.233 e. The molecule has 0 radical (unpaired) electrons. The predicted octanol–water partition coefficient (Wildman–Crippen LogP) is 5.84. The Labute approximate surface area is 181 Å². The number of anilines is 1. The number of aromatic nitrogens is 1. The molecule has 29 heavy (non-hydrogen) atoms. The van der Waals surface area contributed by atoms with Crippen LogP contribution in [0.1, 0.15) is 49.1 Å². The van der Waals surface area contributed by atoms with E-state index in [1.807, 2.05) is 36.9 Å². The Kier molecular flexibility index (Phi) is 6.78. The van der Waals surface area contributed by atoms with Crippen molar-refractivity contribution in [2.75, 3.05) is 18.5 Å². The summed E-state index contributed by atoms with van der Waals surface area (Å²) >= 11 is 8.43. The van der Waals surface area contributed by atoms with Crippen molar-refractivity contribution in [3.05, 3.63) is 52.7 Å². The Bertz CT molecular complexity index is 848. The van der Waals surface area contributed by atoms with E-state index in [4.69, 9.17) is 16.3 Å². The molecule has 0 spiro atoms. The van der Waals surface area contributed by atoms with Gasteiger partial charge in [0.1, 0.15) is 5.82 Å². The van der Waals surface area contributed by atoms with E-state index in [1.54, 1.807) is 6.20 Å². The topological polar surface area (TPSA) is 51.2 Å². The van der Waals surface area contributed by atoms with Gasteiger partial charge in [-0.25, -0.2) is 4.98 Å². The average Bonchev–Trinajstić information content (AvgIpc) is 3.54. The van der Waals surface area contributed by atoms with Crippen LogP contribution in [-0.2, 0) is 9.53 Å². The van der Waals surface area contributed by atoms with E-state index in [1.165, 1.54) is 12.8 Å². The second-order valence-corrected chi connectivity index (χ2v) is 9.81. The molecule has 2 aliphatic rings. The number of nitrogens with zero attached hydrogens (tertiary/aromatic N) is 1. The van der Waals surface area contributed by atoms with Gasteiger partial charge >= 0.3 is 0 Å². The Balaban J connectivity index is 1.54. The summed E-state index contributed by atoms with van der Waals surface area (Å²) < 4.78 is 5.50. The molecule has 1 saturated heterocycles. The molecule has 6 heteroatoms. The Morgan fingerprint density at radius 2 is 2.03 bits per heavy atom. The van der Waals surface area contributed by atoms with Gasteiger partial charge in [0.05, 0.1) is 10.9 Å². The second-order valence-electron chi connectivity index (χ2n) is 8.06. The van der Waals surface area contributed by atoms with E-state index >= 15 is 0 Å². The first-order valence-corrected chi connectivity index (χ1v) is 11.6. The van der Waals surface area contributed by atoms with E-state index in [0.717, 1.165) is 53.5 Å². The summed E-state index contributed by atoms with van der Waals surface area (Å²) in [6, 6.07) is 9.94. The van der Waals surface area contributed by atoms with Gasteiger partial charge in [0.15, 0.2) is 0 Å². The lowest BCUT2D eigenvalue weighted by Crippen LogP contribution is -2.26. The van der Waals surface area contributed by atoms with Crippen molar-refractivity contribution in [1.82, 2.24) is 4.98 Å². The molecule has 2 heterocycles. The second kappa shape index (κ2) is 9.50. The molecule has 2 fully saturated rings. The van der Waals surface area contributed by atoms with Gasteiger partial charge in [-0.15, -0.1) is 11.8 Å². The molecule has 1 saturated carbocycles. The summed E-state index contributed by atoms with van der Waals surface area (Å²) in [5.74, 6) is 0.791. The molecule has 1 unspecified atom stereocenters. The monoisotopic (exact) mass is 430 g/mol. The Morgan fingerprint density at radius 1 is 1.24 bits per heavy atom. The van der Waals surface area contributed by atoms with Gasteiger partial charge in [-0.3, -0.25) is 4.79 Å². The molecule has 2 aromatic rings. The maximum absolute atomic E-state index is 13.2. The van der Waals surface area contributed by atoms with Crippen molar-refractivity contribution >= 4 is 35.1 Å². The van der Waals surface area contributed by atoms with Crippen LogP contribution in [0.3, 0.4) is 0 Å². The number of ether oxygens (including phenoxy) is 1. The van der Waals surface area contributed by atoms with Crippen molar-refractivity contribution in [2.24, 2.45) is 5.92 Å². The van der Waals surface area contributed by atoms with Gasteiger partial charge in [-0.1, -0.05) is 23.7 Å². The number of carbonyl (C=O) groups is 1. The van der Waals surface area contributed by atoms with Gasteiger partial charge in [-0.2, -0.15) is 0 Å². The molecule has 1 aromatic carbocycles. The van der Waals surface area contributed by atoms with Crippen LogP contribution in [-0.4, -0.2) is 29.4 Å². The highest BCUT2D eigenvalue weighted by atomic mass is 35.5. The number of carbonyl (C=O) groups excluding carboxylic acids is 1. The van der Waals surface area contributed by atoms with Crippen molar-refractivity contribution in [3.8, 4) is 0 Å². The number of hydrogen-bond donors (Lipinski definition) is 1. The first-order valence-electron chi connectivity index (χ1n) is 10.4. The molecular formula is C23H27ClN2O2S. The largest absolute Gasteiger partial charge is 0.381 e. The zero-order chi connectivity index (χ0) is 20.2. The highest BCUT2D eigenvalue weighted by Gasteiger charge is 2.28. The average molecular weight is 431 g/mol. The van der Waals surface area contributed by atoms with Crippen LogP contribution >= 0.6 is 23.4 Å². The number of benzene rings is 1. The third-order valence-corrected chi connectivity index (χ3v) is 7.40. The lowest BCUT2D eigenvalue weighted by atomic mass is 9.84. The molecule has 0 bridgehead atoms. The van der Waals surface area contributed by atoms with E-state index in [-0.39, 0.29) is 11.8 Å². The molecule has 4 rings (SSSR count). The fourth-order valence-electron chi connectivity index (χ4n) is 3.66. The van der Waals surface area contributed by atoms with Gasteiger partial charge in [-0.05, 0) is 74.3 Å². The van der Waals surface area contributed by atoms with Crippen LogP contribution in [0.4, 0.5) is 5.82 Å². The molecule has 1 atom stereocenters. The van der Waals surface area contributed by atoms with Crippen molar-refractivity contribution < 1.29 is 9.53 Å². The van der Waals surface area contributed by atoms with Gasteiger partial charge in [0.2, 0.25) is 5.91 Å². The third-order valence-electron chi connectivity index (χ3n) is 5.57. The van der Waals surface area contributed by atoms with E-state index in [2.05, 4.69) is 22.4 Å². The highest BCUT2D eigenvalue weighted by molar-refractivity contribution is 8.00. The molecule has 1 aliphatic heterocycles. The Morgan fingerprint density at radius 3 is 2.69 bits per heavy atom. The summed E-state index contributed by atoms with van der Waals surface area (Å²) in [6.07, 6.45) is 7.09. The normalized spacial score (nSPS) is 18.4. The number of pyridine rings is 1. The first kappa shape index (κ1) is 20.7. The number of amides is 1. The van der Waals surface area contributed by atoms with Crippen LogP contribution in [0.5, 0.6) is 0 Å². The van der Waals surface area contributed by atoms with Crippen LogP contribution in [0.2, 0.25) is 5.02 Å². The summed E-state index contributed by atoms with van der Waals surface area (Å²) in [7, 11) is 0. The minimum Gasteiger partial charge on any atom is -0.381 e. The minimum absolute atomic E-state index is 0.0218. The third kappa shape index (κ3) is 5.74. The van der Waals surface area contributed by atoms with Crippen LogP contribution in [0, 0.1) is 12.8 Å². The molecular weight excluding hydrogens is 404 g/mol. The maximum atomic E-state index is 13.2. The predicted molar refractivity (Wildman–Crippen MR) is 119 cm³/mol. The molecule has 154 valence electrons. The number of rotatable bonds is 7.